The summed E-state index contributed by atoms with van der Waals surface area (Å²) in [4.78, 5) is 12.2. The van der Waals surface area contributed by atoms with Gasteiger partial charge < -0.3 is 10.6 Å². The molecule has 1 unspecified atom stereocenters. The lowest BCUT2D eigenvalue weighted by atomic mass is 9.80. The summed E-state index contributed by atoms with van der Waals surface area (Å²) in [5.41, 5.74) is -0.155. The van der Waals surface area contributed by atoms with Gasteiger partial charge in [0, 0.05) is 11.5 Å². The average molecular weight is 258 g/mol. The molecular weight excluding hydrogens is 232 g/mol. The highest BCUT2D eigenvalue weighted by Gasteiger charge is 2.34. The summed E-state index contributed by atoms with van der Waals surface area (Å²) < 4.78 is 0. The van der Waals surface area contributed by atoms with Crippen molar-refractivity contribution in [2.75, 3.05) is 24.6 Å². The van der Waals surface area contributed by atoms with Gasteiger partial charge in [-0.15, -0.1) is 0 Å². The lowest BCUT2D eigenvalue weighted by Crippen LogP contribution is -2.48. The third-order valence-corrected chi connectivity index (χ3v) is 4.46. The van der Waals surface area contributed by atoms with Crippen LogP contribution in [0.5, 0.6) is 0 Å². The van der Waals surface area contributed by atoms with Crippen molar-refractivity contribution in [3.63, 3.8) is 0 Å². The summed E-state index contributed by atoms with van der Waals surface area (Å²) in [5, 5.41) is 6.48. The lowest BCUT2D eigenvalue weighted by molar-refractivity contribution is -0.132. The Morgan fingerprint density at radius 1 is 1.47 bits per heavy atom. The number of thioether (sulfide) groups is 1. The van der Waals surface area contributed by atoms with Crippen LogP contribution in [0, 0.1) is 5.41 Å². The summed E-state index contributed by atoms with van der Waals surface area (Å²) in [5.74, 6) is 2.54. The number of hydrogen-bond donors (Lipinski definition) is 2. The minimum Gasteiger partial charge on any atom is -0.353 e. The number of carbonyl (C=O) groups excluding carboxylic acids is 1. The molecule has 1 aliphatic rings. The van der Waals surface area contributed by atoms with E-state index in [-0.39, 0.29) is 11.3 Å². The predicted molar refractivity (Wildman–Crippen MR) is 75.4 cm³/mol. The molecule has 0 spiro atoms. The van der Waals surface area contributed by atoms with Crippen molar-refractivity contribution in [2.24, 2.45) is 5.41 Å². The monoisotopic (exact) mass is 258 g/mol. The Hall–Kier alpha value is -0.220. The van der Waals surface area contributed by atoms with Crippen molar-refractivity contribution in [3.05, 3.63) is 0 Å². The highest BCUT2D eigenvalue weighted by molar-refractivity contribution is 7.99. The molecule has 1 heterocycles. The van der Waals surface area contributed by atoms with Crippen LogP contribution in [-0.2, 0) is 4.79 Å². The first-order valence-electron chi connectivity index (χ1n) is 6.68. The zero-order chi connectivity index (χ0) is 12.7. The zero-order valence-electron chi connectivity index (χ0n) is 11.3. The van der Waals surface area contributed by atoms with Gasteiger partial charge in [-0.3, -0.25) is 4.79 Å². The number of carbonyl (C=O) groups is 1. The highest BCUT2D eigenvalue weighted by atomic mass is 32.2. The molecule has 1 atom stereocenters. The Bertz CT molecular complexity index is 240. The molecule has 1 amide bonds. The first-order chi connectivity index (χ1) is 8.08. The number of piperidine rings is 1. The first kappa shape index (κ1) is 14.8. The van der Waals surface area contributed by atoms with Gasteiger partial charge in [0.2, 0.25) is 5.91 Å². The van der Waals surface area contributed by atoms with Crippen molar-refractivity contribution in [1.29, 1.82) is 0 Å². The Morgan fingerprint density at radius 2 is 2.12 bits per heavy atom. The van der Waals surface area contributed by atoms with Crippen LogP contribution in [0.3, 0.4) is 0 Å². The second-order valence-electron chi connectivity index (χ2n) is 5.17. The molecule has 0 radical (unpaired) electrons. The SMILES string of the molecule is CCSCCC(C)NC(=O)C1(C)CCNCC1. The van der Waals surface area contributed by atoms with Crippen LogP contribution in [0.1, 0.15) is 40.0 Å². The van der Waals surface area contributed by atoms with Gasteiger partial charge in [-0.2, -0.15) is 11.8 Å². The zero-order valence-corrected chi connectivity index (χ0v) is 12.2. The molecule has 3 nitrogen and oxygen atoms in total. The van der Waals surface area contributed by atoms with Gasteiger partial charge >= 0.3 is 0 Å². The average Bonchev–Trinajstić information content (AvgIpc) is 2.30. The van der Waals surface area contributed by atoms with Gasteiger partial charge in [0.05, 0.1) is 0 Å². The van der Waals surface area contributed by atoms with Crippen LogP contribution >= 0.6 is 11.8 Å². The molecule has 2 N–H and O–H groups in total. The minimum absolute atomic E-state index is 0.155. The maximum absolute atomic E-state index is 12.2. The molecule has 100 valence electrons. The van der Waals surface area contributed by atoms with E-state index < -0.39 is 0 Å². The van der Waals surface area contributed by atoms with Gasteiger partial charge in [-0.1, -0.05) is 13.8 Å². The normalized spacial score (nSPS) is 20.9. The van der Waals surface area contributed by atoms with E-state index in [9.17, 15) is 4.79 Å². The standard InChI is InChI=1S/C13H26N2OS/c1-4-17-10-5-11(2)15-12(16)13(3)6-8-14-9-7-13/h11,14H,4-10H2,1-3H3,(H,15,16). The Kier molecular flexibility index (Phi) is 6.34. The molecule has 1 saturated heterocycles. The molecule has 0 aromatic rings. The van der Waals surface area contributed by atoms with Crippen LogP contribution in [0.4, 0.5) is 0 Å². The fraction of sp³-hybridized carbons (Fsp3) is 0.923. The quantitative estimate of drug-likeness (QED) is 0.716. The molecule has 1 fully saturated rings. The van der Waals surface area contributed by atoms with Gasteiger partial charge in [-0.25, -0.2) is 0 Å². The van der Waals surface area contributed by atoms with E-state index in [1.54, 1.807) is 0 Å². The van der Waals surface area contributed by atoms with Crippen LogP contribution in [0.2, 0.25) is 0 Å². The molecule has 1 aliphatic heterocycles. The minimum atomic E-state index is -0.155. The van der Waals surface area contributed by atoms with Crippen LogP contribution in [-0.4, -0.2) is 36.5 Å². The van der Waals surface area contributed by atoms with E-state index in [0.29, 0.717) is 6.04 Å². The van der Waals surface area contributed by atoms with E-state index >= 15 is 0 Å². The Balaban J connectivity index is 2.31. The van der Waals surface area contributed by atoms with E-state index in [1.165, 1.54) is 0 Å². The van der Waals surface area contributed by atoms with Gasteiger partial charge in [0.15, 0.2) is 0 Å². The number of hydrogen-bond acceptors (Lipinski definition) is 3. The summed E-state index contributed by atoms with van der Waals surface area (Å²) in [6.07, 6.45) is 2.98. The topological polar surface area (TPSA) is 41.1 Å². The molecule has 1 rings (SSSR count). The molecule has 0 saturated carbocycles. The number of amides is 1. The smallest absolute Gasteiger partial charge is 0.226 e. The molecule has 0 bridgehead atoms. The van der Waals surface area contributed by atoms with Crippen molar-refractivity contribution >= 4 is 17.7 Å². The van der Waals surface area contributed by atoms with Crippen LogP contribution < -0.4 is 10.6 Å². The largest absolute Gasteiger partial charge is 0.353 e. The number of rotatable bonds is 6. The fourth-order valence-electron chi connectivity index (χ4n) is 2.08. The van der Waals surface area contributed by atoms with E-state index in [4.69, 9.17) is 0 Å². The maximum Gasteiger partial charge on any atom is 0.226 e. The highest BCUT2D eigenvalue weighted by Crippen LogP contribution is 2.28. The second-order valence-corrected chi connectivity index (χ2v) is 6.56. The van der Waals surface area contributed by atoms with Crippen molar-refractivity contribution in [1.82, 2.24) is 10.6 Å². The molecule has 0 aromatic heterocycles. The third kappa shape index (κ3) is 4.88. The fourth-order valence-corrected chi connectivity index (χ4v) is 2.89. The van der Waals surface area contributed by atoms with E-state index in [1.807, 2.05) is 11.8 Å². The Morgan fingerprint density at radius 3 is 2.71 bits per heavy atom. The van der Waals surface area contributed by atoms with Gasteiger partial charge in [-0.05, 0) is 50.8 Å². The second kappa shape index (κ2) is 7.27. The summed E-state index contributed by atoms with van der Waals surface area (Å²) in [7, 11) is 0. The van der Waals surface area contributed by atoms with Crippen molar-refractivity contribution in [2.45, 2.75) is 46.1 Å². The summed E-state index contributed by atoms with van der Waals surface area (Å²) >= 11 is 1.94. The third-order valence-electron chi connectivity index (χ3n) is 3.53. The molecule has 0 aliphatic carbocycles. The van der Waals surface area contributed by atoms with Gasteiger partial charge in [0.25, 0.3) is 0 Å². The van der Waals surface area contributed by atoms with Gasteiger partial charge in [0.1, 0.15) is 0 Å². The van der Waals surface area contributed by atoms with Crippen molar-refractivity contribution in [3.8, 4) is 0 Å². The maximum atomic E-state index is 12.2. The predicted octanol–water partition coefficient (Wildman–Crippen LogP) is 2.02. The summed E-state index contributed by atoms with van der Waals surface area (Å²) in [6.45, 7) is 8.30. The Labute approximate surface area is 109 Å². The molecular formula is C13H26N2OS. The molecule has 0 aromatic carbocycles. The molecule has 4 heteroatoms. The first-order valence-corrected chi connectivity index (χ1v) is 7.83. The molecule has 17 heavy (non-hydrogen) atoms. The number of nitrogens with one attached hydrogen (secondary N) is 2. The summed E-state index contributed by atoms with van der Waals surface area (Å²) in [6, 6.07) is 0.299. The van der Waals surface area contributed by atoms with E-state index in [2.05, 4.69) is 31.4 Å². The van der Waals surface area contributed by atoms with E-state index in [0.717, 1.165) is 43.9 Å². The lowest BCUT2D eigenvalue weighted by Gasteiger charge is -2.33. The van der Waals surface area contributed by atoms with Crippen molar-refractivity contribution < 1.29 is 4.79 Å². The van der Waals surface area contributed by atoms with Crippen LogP contribution in [0.25, 0.3) is 0 Å². The van der Waals surface area contributed by atoms with Crippen LogP contribution in [0.15, 0.2) is 0 Å².